The summed E-state index contributed by atoms with van der Waals surface area (Å²) in [7, 11) is 2.04. The van der Waals surface area contributed by atoms with Gasteiger partial charge in [-0.3, -0.25) is 5.01 Å². The molecular weight excluding hydrogens is 276 g/mol. The van der Waals surface area contributed by atoms with Crippen LogP contribution in [0.25, 0.3) is 0 Å². The molecule has 1 aromatic heterocycles. The number of ether oxygens (including phenoxy) is 1. The van der Waals surface area contributed by atoms with Crippen LogP contribution in [-0.4, -0.2) is 42.3 Å². The van der Waals surface area contributed by atoms with Crippen molar-refractivity contribution >= 4 is 11.7 Å². The third-order valence-electron chi connectivity index (χ3n) is 4.55. The van der Waals surface area contributed by atoms with Crippen molar-refractivity contribution in [2.75, 3.05) is 25.0 Å². The van der Waals surface area contributed by atoms with Gasteiger partial charge in [-0.1, -0.05) is 19.4 Å². The summed E-state index contributed by atoms with van der Waals surface area (Å²) in [6, 6.07) is 6.10. The first kappa shape index (κ1) is 15.1. The largest absolute Gasteiger partial charge is 0.454 e. The number of piperidine rings is 1. The van der Waals surface area contributed by atoms with E-state index in [1.54, 1.807) is 0 Å². The molecule has 3 rings (SSSR count). The lowest BCUT2D eigenvalue weighted by Crippen LogP contribution is -2.42. The van der Waals surface area contributed by atoms with E-state index in [-0.39, 0.29) is 6.23 Å². The second-order valence-corrected chi connectivity index (χ2v) is 6.19. The number of hydrazone groups is 1. The molecule has 0 radical (unpaired) electrons. The molecule has 0 amide bonds. The van der Waals surface area contributed by atoms with Gasteiger partial charge in [-0.05, 0) is 31.4 Å². The van der Waals surface area contributed by atoms with E-state index in [4.69, 9.17) is 4.74 Å². The Morgan fingerprint density at radius 2 is 2.09 bits per heavy atom. The van der Waals surface area contributed by atoms with E-state index in [1.807, 2.05) is 24.3 Å². The van der Waals surface area contributed by atoms with Crippen LogP contribution in [0.4, 0.5) is 5.82 Å². The van der Waals surface area contributed by atoms with Crippen LogP contribution in [0.3, 0.4) is 0 Å². The van der Waals surface area contributed by atoms with Gasteiger partial charge in [-0.25, -0.2) is 4.98 Å². The number of pyridine rings is 1. The van der Waals surface area contributed by atoms with Crippen molar-refractivity contribution in [1.82, 2.24) is 9.99 Å². The summed E-state index contributed by atoms with van der Waals surface area (Å²) >= 11 is 0. The smallest absolute Gasteiger partial charge is 0.208 e. The van der Waals surface area contributed by atoms with Crippen molar-refractivity contribution in [3.05, 3.63) is 24.4 Å². The number of hydrogen-bond acceptors (Lipinski definition) is 5. The summed E-state index contributed by atoms with van der Waals surface area (Å²) in [6.45, 7) is 4.28. The number of aromatic nitrogens is 1. The quantitative estimate of drug-likeness (QED) is 0.838. The maximum Gasteiger partial charge on any atom is 0.208 e. The average Bonchev–Trinajstić information content (AvgIpc) is 2.95. The molecule has 0 aliphatic carbocycles. The normalized spacial score (nSPS) is 22.6. The maximum atomic E-state index is 6.10. The topological polar surface area (TPSA) is 41.0 Å². The Morgan fingerprint density at radius 3 is 2.77 bits per heavy atom. The van der Waals surface area contributed by atoms with Crippen molar-refractivity contribution in [3.8, 4) is 0 Å². The van der Waals surface area contributed by atoms with E-state index >= 15 is 0 Å². The van der Waals surface area contributed by atoms with Gasteiger partial charge in [-0.2, -0.15) is 0 Å². The minimum absolute atomic E-state index is 0.123. The van der Waals surface area contributed by atoms with Crippen LogP contribution in [0.5, 0.6) is 0 Å². The molecule has 3 heterocycles. The highest BCUT2D eigenvalue weighted by molar-refractivity contribution is 5.77. The van der Waals surface area contributed by atoms with Gasteiger partial charge >= 0.3 is 0 Å². The zero-order valence-electron chi connectivity index (χ0n) is 13.6. The van der Waals surface area contributed by atoms with Crippen LogP contribution in [0.2, 0.25) is 0 Å². The van der Waals surface area contributed by atoms with E-state index in [0.29, 0.717) is 5.92 Å². The van der Waals surface area contributed by atoms with Crippen LogP contribution < -0.4 is 4.90 Å². The zero-order valence-corrected chi connectivity index (χ0v) is 13.6. The first-order valence-corrected chi connectivity index (χ1v) is 8.41. The fourth-order valence-corrected chi connectivity index (χ4v) is 3.26. The third-order valence-corrected chi connectivity index (χ3v) is 4.55. The molecular formula is C17H26N4O. The van der Waals surface area contributed by atoms with Crippen molar-refractivity contribution in [3.63, 3.8) is 0 Å². The molecule has 2 aliphatic heterocycles. The van der Waals surface area contributed by atoms with Gasteiger partial charge in [0.15, 0.2) is 6.23 Å². The van der Waals surface area contributed by atoms with E-state index in [9.17, 15) is 0 Å². The Bertz CT molecular complexity index is 497. The Hall–Kier alpha value is -1.78. The molecule has 5 nitrogen and oxygen atoms in total. The molecule has 0 bridgehead atoms. The number of nitrogens with zero attached hydrogens (tertiary/aromatic N) is 4. The van der Waals surface area contributed by atoms with Gasteiger partial charge in [0, 0.05) is 38.7 Å². The number of unbranched alkanes of at least 4 members (excludes halogenated alkanes) is 1. The summed E-state index contributed by atoms with van der Waals surface area (Å²) in [6.07, 6.45) is 7.53. The third kappa shape index (κ3) is 3.34. The minimum atomic E-state index is 0.123. The van der Waals surface area contributed by atoms with Gasteiger partial charge in [-0.15, -0.1) is 5.10 Å². The Morgan fingerprint density at radius 1 is 1.27 bits per heavy atom. The van der Waals surface area contributed by atoms with Gasteiger partial charge in [0.2, 0.25) is 5.90 Å². The highest BCUT2D eigenvalue weighted by Crippen LogP contribution is 2.29. The minimum Gasteiger partial charge on any atom is -0.454 e. The molecule has 0 saturated carbocycles. The number of anilines is 1. The first-order valence-electron chi connectivity index (χ1n) is 8.41. The summed E-state index contributed by atoms with van der Waals surface area (Å²) in [5.74, 6) is 2.55. The van der Waals surface area contributed by atoms with E-state index in [1.165, 1.54) is 6.42 Å². The highest BCUT2D eigenvalue weighted by atomic mass is 16.5. The molecule has 1 unspecified atom stereocenters. The fourth-order valence-electron chi connectivity index (χ4n) is 3.26. The lowest BCUT2D eigenvalue weighted by atomic mass is 9.94. The molecule has 1 saturated heterocycles. The molecule has 0 N–H and O–H groups in total. The lowest BCUT2D eigenvalue weighted by Gasteiger charge is -2.36. The van der Waals surface area contributed by atoms with Crippen LogP contribution in [0.1, 0.15) is 39.0 Å². The van der Waals surface area contributed by atoms with E-state index in [2.05, 4.69) is 34.0 Å². The van der Waals surface area contributed by atoms with Crippen LogP contribution in [0.15, 0.2) is 29.5 Å². The van der Waals surface area contributed by atoms with Crippen molar-refractivity contribution in [1.29, 1.82) is 0 Å². The second-order valence-electron chi connectivity index (χ2n) is 6.19. The predicted molar refractivity (Wildman–Crippen MR) is 88.8 cm³/mol. The molecule has 1 fully saturated rings. The SMILES string of the molecule is CCCCC1=NN(C)C(C2CCN(c3ccccn3)CC2)O1. The predicted octanol–water partition coefficient (Wildman–Crippen LogP) is 3.09. The number of hydrogen-bond donors (Lipinski definition) is 0. The summed E-state index contributed by atoms with van der Waals surface area (Å²) in [5.41, 5.74) is 0. The van der Waals surface area contributed by atoms with Gasteiger partial charge in [0.25, 0.3) is 0 Å². The molecule has 120 valence electrons. The molecule has 1 aromatic rings. The summed E-state index contributed by atoms with van der Waals surface area (Å²) < 4.78 is 6.10. The molecule has 1 atom stereocenters. The molecule has 0 spiro atoms. The molecule has 0 aromatic carbocycles. The lowest BCUT2D eigenvalue weighted by molar-refractivity contribution is 0.0115. The van der Waals surface area contributed by atoms with Crippen molar-refractivity contribution in [2.24, 2.45) is 11.0 Å². The molecule has 22 heavy (non-hydrogen) atoms. The standard InChI is InChI=1S/C17H26N4O/c1-3-4-8-16-19-20(2)17(22-16)14-9-12-21(13-10-14)15-7-5-6-11-18-15/h5-7,11,14,17H,3-4,8-10,12-13H2,1-2H3. The Balaban J connectivity index is 1.52. The summed E-state index contributed by atoms with van der Waals surface area (Å²) in [5, 5.41) is 6.58. The number of rotatable bonds is 5. The van der Waals surface area contributed by atoms with Gasteiger partial charge < -0.3 is 9.64 Å². The fraction of sp³-hybridized carbons (Fsp3) is 0.647. The Labute approximate surface area is 133 Å². The molecule has 2 aliphatic rings. The first-order chi connectivity index (χ1) is 10.8. The highest BCUT2D eigenvalue weighted by Gasteiger charge is 2.34. The van der Waals surface area contributed by atoms with Crippen LogP contribution in [0, 0.1) is 5.92 Å². The summed E-state index contributed by atoms with van der Waals surface area (Å²) in [4.78, 5) is 6.81. The van der Waals surface area contributed by atoms with Crippen molar-refractivity contribution < 1.29 is 4.74 Å². The zero-order chi connectivity index (χ0) is 15.4. The van der Waals surface area contributed by atoms with Crippen molar-refractivity contribution in [2.45, 2.75) is 45.3 Å². The maximum absolute atomic E-state index is 6.10. The second kappa shape index (κ2) is 6.99. The average molecular weight is 302 g/mol. The van der Waals surface area contributed by atoms with E-state index in [0.717, 1.165) is 50.5 Å². The van der Waals surface area contributed by atoms with Crippen LogP contribution >= 0.6 is 0 Å². The van der Waals surface area contributed by atoms with Crippen LogP contribution in [-0.2, 0) is 4.74 Å². The van der Waals surface area contributed by atoms with E-state index < -0.39 is 0 Å². The monoisotopic (exact) mass is 302 g/mol. The Kier molecular flexibility index (Phi) is 4.80. The van der Waals surface area contributed by atoms with Gasteiger partial charge in [0.05, 0.1) is 0 Å². The van der Waals surface area contributed by atoms with Gasteiger partial charge in [0.1, 0.15) is 5.82 Å². The molecule has 5 heteroatoms.